The van der Waals surface area contributed by atoms with Crippen LogP contribution in [0, 0.1) is 11.2 Å². The lowest BCUT2D eigenvalue weighted by Crippen LogP contribution is -2.38. The van der Waals surface area contributed by atoms with Gasteiger partial charge in [-0.1, -0.05) is 70.1 Å². The zero-order valence-electron chi connectivity index (χ0n) is 18.4. The van der Waals surface area contributed by atoms with Crippen molar-refractivity contribution in [2.24, 2.45) is 5.41 Å². The lowest BCUT2D eigenvalue weighted by atomic mass is 9.86. The second-order valence-corrected chi connectivity index (χ2v) is 8.76. The molecular formula is C24H35F2NO4. The van der Waals surface area contributed by atoms with Gasteiger partial charge in [0, 0.05) is 11.6 Å². The molecule has 1 fully saturated rings. The van der Waals surface area contributed by atoms with Crippen molar-refractivity contribution in [3.63, 3.8) is 0 Å². The van der Waals surface area contributed by atoms with Crippen molar-refractivity contribution in [3.05, 3.63) is 35.1 Å². The molecule has 174 valence electrons. The van der Waals surface area contributed by atoms with Crippen LogP contribution in [-0.4, -0.2) is 33.3 Å². The second kappa shape index (κ2) is 12.1. The maximum Gasteiger partial charge on any atom is 0.321 e. The average molecular weight is 440 g/mol. The highest BCUT2D eigenvalue weighted by molar-refractivity contribution is 5.98. The summed E-state index contributed by atoms with van der Waals surface area (Å²) in [5, 5.41) is 19.0. The summed E-state index contributed by atoms with van der Waals surface area (Å²) in [6.45, 7) is 1.87. The van der Waals surface area contributed by atoms with E-state index in [-0.39, 0.29) is 31.4 Å². The largest absolute Gasteiger partial charge is 0.480 e. The number of aryl methyl sites for hydroxylation is 1. The van der Waals surface area contributed by atoms with Gasteiger partial charge in [0.05, 0.1) is 6.54 Å². The number of unbranched alkanes of at least 4 members (excludes halogenated alkanes) is 7. The number of carboxylic acids is 2. The van der Waals surface area contributed by atoms with Gasteiger partial charge in [0.15, 0.2) is 5.41 Å². The Bertz CT molecular complexity index is 726. The first-order valence-corrected chi connectivity index (χ1v) is 11.5. The Labute approximate surface area is 183 Å². The first-order valence-electron chi connectivity index (χ1n) is 11.5. The molecule has 0 aliphatic heterocycles. The minimum atomic E-state index is -1.97. The standard InChI is InChI=1S/C24H35F2NO4/c1-2-3-4-5-6-7-8-9-11-18-12-10-13-19(21(18)25)17-27(26)20-14-15-24(16-20,22(28)29)23(30)31/h10,12-13,20H,2-9,11,14-17H2,1H3,(H,28,29)(H,30,31). The monoisotopic (exact) mass is 439 g/mol. The van der Waals surface area contributed by atoms with Crippen molar-refractivity contribution in [2.75, 3.05) is 0 Å². The summed E-state index contributed by atoms with van der Waals surface area (Å²) in [7, 11) is 0. The molecule has 0 radical (unpaired) electrons. The van der Waals surface area contributed by atoms with E-state index in [1.807, 2.05) is 0 Å². The van der Waals surface area contributed by atoms with Gasteiger partial charge in [-0.05, 0) is 37.7 Å². The van der Waals surface area contributed by atoms with Crippen LogP contribution >= 0.6 is 0 Å². The topological polar surface area (TPSA) is 77.8 Å². The Kier molecular flexibility index (Phi) is 9.88. The molecule has 1 saturated carbocycles. The van der Waals surface area contributed by atoms with Gasteiger partial charge in [0.25, 0.3) is 0 Å². The van der Waals surface area contributed by atoms with Crippen LogP contribution < -0.4 is 0 Å². The van der Waals surface area contributed by atoms with E-state index in [4.69, 9.17) is 0 Å². The molecule has 2 N–H and O–H groups in total. The molecule has 1 aliphatic rings. The third kappa shape index (κ3) is 6.73. The molecule has 5 nitrogen and oxygen atoms in total. The highest BCUT2D eigenvalue weighted by Crippen LogP contribution is 2.41. The molecule has 0 saturated heterocycles. The highest BCUT2D eigenvalue weighted by atomic mass is 19.2. The van der Waals surface area contributed by atoms with Gasteiger partial charge in [-0.25, -0.2) is 4.39 Å². The number of aliphatic carboxylic acids is 2. The Balaban J connectivity index is 1.86. The zero-order chi connectivity index (χ0) is 22.9. The van der Waals surface area contributed by atoms with E-state index in [0.717, 1.165) is 19.3 Å². The third-order valence-electron chi connectivity index (χ3n) is 6.48. The average Bonchev–Trinajstić information content (AvgIpc) is 3.20. The van der Waals surface area contributed by atoms with Gasteiger partial charge in [-0.15, -0.1) is 9.60 Å². The van der Waals surface area contributed by atoms with Gasteiger partial charge in [-0.2, -0.15) is 0 Å². The SMILES string of the molecule is CCCCCCCCCCc1cccc(CN(F)C2CCC(C(=O)O)(C(=O)O)C2)c1F. The smallest absolute Gasteiger partial charge is 0.321 e. The predicted molar refractivity (Wildman–Crippen MR) is 115 cm³/mol. The Morgan fingerprint density at radius 2 is 1.61 bits per heavy atom. The summed E-state index contributed by atoms with van der Waals surface area (Å²) in [5.74, 6) is -3.32. The van der Waals surface area contributed by atoms with E-state index in [2.05, 4.69) is 6.92 Å². The molecule has 1 aliphatic carbocycles. The second-order valence-electron chi connectivity index (χ2n) is 8.76. The third-order valence-corrected chi connectivity index (χ3v) is 6.48. The summed E-state index contributed by atoms with van der Waals surface area (Å²) in [6.07, 6.45) is 9.54. The molecule has 0 aromatic heterocycles. The lowest BCUT2D eigenvalue weighted by Gasteiger charge is -2.22. The fraction of sp³-hybridized carbons (Fsp3) is 0.667. The summed E-state index contributed by atoms with van der Waals surface area (Å²) < 4.78 is 29.6. The zero-order valence-corrected chi connectivity index (χ0v) is 18.4. The molecule has 1 aromatic rings. The molecule has 1 atom stereocenters. The van der Waals surface area contributed by atoms with Crippen LogP contribution in [0.5, 0.6) is 0 Å². The molecular weight excluding hydrogens is 404 g/mol. The minimum absolute atomic E-state index is 0.106. The van der Waals surface area contributed by atoms with Crippen LogP contribution in [0.3, 0.4) is 0 Å². The van der Waals surface area contributed by atoms with E-state index in [1.54, 1.807) is 12.1 Å². The van der Waals surface area contributed by atoms with Crippen molar-refractivity contribution < 1.29 is 28.7 Å². The van der Waals surface area contributed by atoms with Crippen molar-refractivity contribution >= 4 is 11.9 Å². The van der Waals surface area contributed by atoms with Gasteiger partial charge in [0.1, 0.15) is 5.82 Å². The van der Waals surface area contributed by atoms with Crippen molar-refractivity contribution in [1.82, 2.24) is 5.12 Å². The fourth-order valence-electron chi connectivity index (χ4n) is 4.43. The number of carboxylic acid groups (broad SMARTS) is 2. The number of hydrogen-bond donors (Lipinski definition) is 2. The summed E-state index contributed by atoms with van der Waals surface area (Å²) in [4.78, 5) is 22.8. The van der Waals surface area contributed by atoms with Gasteiger partial charge >= 0.3 is 11.9 Å². The number of rotatable bonds is 14. The Morgan fingerprint density at radius 1 is 1.03 bits per heavy atom. The maximum atomic E-state index is 14.9. The maximum absolute atomic E-state index is 14.9. The fourth-order valence-corrected chi connectivity index (χ4v) is 4.43. The van der Waals surface area contributed by atoms with Crippen LogP contribution in [0.1, 0.15) is 88.7 Å². The van der Waals surface area contributed by atoms with Gasteiger partial charge < -0.3 is 10.2 Å². The van der Waals surface area contributed by atoms with E-state index >= 15 is 0 Å². The Hall–Kier alpha value is -2.02. The number of benzene rings is 1. The van der Waals surface area contributed by atoms with E-state index in [0.29, 0.717) is 17.1 Å². The molecule has 1 aromatic carbocycles. The number of nitrogens with zero attached hydrogens (tertiary/aromatic N) is 1. The molecule has 0 bridgehead atoms. The Morgan fingerprint density at radius 3 is 2.19 bits per heavy atom. The van der Waals surface area contributed by atoms with E-state index in [9.17, 15) is 28.7 Å². The molecule has 31 heavy (non-hydrogen) atoms. The summed E-state index contributed by atoms with van der Waals surface area (Å²) >= 11 is 0. The van der Waals surface area contributed by atoms with E-state index < -0.39 is 29.2 Å². The van der Waals surface area contributed by atoms with Crippen LogP contribution in [0.15, 0.2) is 18.2 Å². The first kappa shape index (κ1) is 25.2. The number of halogens is 2. The van der Waals surface area contributed by atoms with Gasteiger partial charge in [0.2, 0.25) is 0 Å². The summed E-state index contributed by atoms with van der Waals surface area (Å²) in [5.41, 5.74) is -1.19. The molecule has 0 spiro atoms. The van der Waals surface area contributed by atoms with Crippen molar-refractivity contribution in [3.8, 4) is 0 Å². The molecule has 0 amide bonds. The van der Waals surface area contributed by atoms with Crippen LogP contribution in [0.25, 0.3) is 0 Å². The van der Waals surface area contributed by atoms with Crippen LogP contribution in [0.2, 0.25) is 0 Å². The molecule has 1 unspecified atom stereocenters. The lowest BCUT2D eigenvalue weighted by molar-refractivity contribution is -0.165. The minimum Gasteiger partial charge on any atom is -0.480 e. The normalized spacial score (nSPS) is 17.9. The molecule has 7 heteroatoms. The summed E-state index contributed by atoms with van der Waals surface area (Å²) in [6, 6.07) is 4.09. The highest BCUT2D eigenvalue weighted by Gasteiger charge is 2.53. The van der Waals surface area contributed by atoms with Crippen molar-refractivity contribution in [2.45, 2.75) is 96.6 Å². The van der Waals surface area contributed by atoms with Crippen LogP contribution in [0.4, 0.5) is 8.87 Å². The number of carbonyl (C=O) groups is 2. The van der Waals surface area contributed by atoms with Crippen molar-refractivity contribution in [1.29, 1.82) is 0 Å². The van der Waals surface area contributed by atoms with E-state index in [1.165, 1.54) is 38.2 Å². The number of hydrogen-bond acceptors (Lipinski definition) is 3. The first-order chi connectivity index (χ1) is 14.8. The molecule has 2 rings (SSSR count). The van der Waals surface area contributed by atoms with Gasteiger partial charge in [-0.3, -0.25) is 9.59 Å². The van der Waals surface area contributed by atoms with Crippen LogP contribution in [-0.2, 0) is 22.6 Å². The predicted octanol–water partition coefficient (Wildman–Crippen LogP) is 5.90. The molecule has 0 heterocycles. The quantitative estimate of drug-likeness (QED) is 0.214.